The Morgan fingerprint density at radius 1 is 0.781 bits per heavy atom. The first-order valence-electron chi connectivity index (χ1n) is 11.0. The monoisotopic (exact) mass is 468 g/mol. The fraction of sp³-hybridized carbons (Fsp3) is 0.609. The maximum absolute atomic E-state index is 6.33. The summed E-state index contributed by atoms with van der Waals surface area (Å²) in [7, 11) is 1.64. The van der Waals surface area contributed by atoms with Crippen LogP contribution in [0, 0.1) is 0 Å². The van der Waals surface area contributed by atoms with E-state index in [1.807, 2.05) is 24.3 Å². The van der Waals surface area contributed by atoms with Gasteiger partial charge in [-0.15, -0.1) is 0 Å². The number of methoxy groups -OCH3 is 1. The molecular weight excluding hydrogens is 436 g/mol. The number of aromatic nitrogens is 1. The molecule has 1 fully saturated rings. The summed E-state index contributed by atoms with van der Waals surface area (Å²) in [4.78, 5) is 7.08. The van der Waals surface area contributed by atoms with Crippen molar-refractivity contribution >= 4 is 22.5 Å². The number of hydrogen-bond acceptors (Lipinski definition) is 8. The number of benzene rings is 1. The molecule has 178 valence electrons. The Labute approximate surface area is 194 Å². The van der Waals surface area contributed by atoms with E-state index in [2.05, 4.69) is 4.90 Å². The molecule has 2 aromatic rings. The Morgan fingerprint density at radius 2 is 1.31 bits per heavy atom. The molecule has 1 aliphatic heterocycles. The smallest absolute Gasteiger partial charge is 0.145 e. The number of hydrogen-bond donors (Lipinski definition) is 0. The first-order valence-corrected chi connectivity index (χ1v) is 11.4. The molecule has 1 aromatic carbocycles. The number of fused-ring (bicyclic) bond motifs is 1. The molecule has 8 nitrogen and oxygen atoms in total. The normalized spacial score (nSPS) is 19.3. The van der Waals surface area contributed by atoms with Crippen LogP contribution in [-0.2, 0) is 30.2 Å². The van der Waals surface area contributed by atoms with Crippen LogP contribution < -0.4 is 4.74 Å². The predicted molar refractivity (Wildman–Crippen MR) is 123 cm³/mol. The van der Waals surface area contributed by atoms with Crippen LogP contribution in [0.5, 0.6) is 5.75 Å². The highest BCUT2D eigenvalue weighted by atomic mass is 35.5. The largest absolute Gasteiger partial charge is 0.494 e. The molecule has 0 bridgehead atoms. The first-order chi connectivity index (χ1) is 15.8. The van der Waals surface area contributed by atoms with E-state index in [1.54, 1.807) is 7.11 Å². The standard InChI is InChI=1S/C23H33ClN2O6/c1-27-22-5-4-21(24)20-3-2-19(25-23(20)22)18-26-6-8-28-10-12-30-14-16-32-17-15-31-13-11-29-9-7-26/h2-5H,6-18H2,1H3. The fourth-order valence-electron chi connectivity index (χ4n) is 3.32. The van der Waals surface area contributed by atoms with Crippen molar-refractivity contribution in [3.8, 4) is 5.75 Å². The second kappa shape index (κ2) is 14.6. The average Bonchev–Trinajstić information content (AvgIpc) is 2.80. The van der Waals surface area contributed by atoms with E-state index in [4.69, 9.17) is 45.0 Å². The zero-order valence-corrected chi connectivity index (χ0v) is 19.5. The van der Waals surface area contributed by atoms with Gasteiger partial charge in [-0.3, -0.25) is 4.90 Å². The molecule has 1 aromatic heterocycles. The molecule has 0 aliphatic carbocycles. The number of rotatable bonds is 3. The van der Waals surface area contributed by atoms with E-state index in [0.29, 0.717) is 83.4 Å². The molecule has 1 aliphatic rings. The van der Waals surface area contributed by atoms with Crippen LogP contribution in [0.1, 0.15) is 5.69 Å². The number of nitrogens with zero attached hydrogens (tertiary/aromatic N) is 2. The van der Waals surface area contributed by atoms with Crippen molar-refractivity contribution < 1.29 is 28.4 Å². The summed E-state index contributed by atoms with van der Waals surface area (Å²) >= 11 is 6.33. The molecular formula is C23H33ClN2O6. The van der Waals surface area contributed by atoms with E-state index < -0.39 is 0 Å². The molecule has 0 N–H and O–H groups in total. The van der Waals surface area contributed by atoms with Gasteiger partial charge in [0, 0.05) is 25.0 Å². The van der Waals surface area contributed by atoms with Crippen molar-refractivity contribution in [3.05, 3.63) is 35.0 Å². The average molecular weight is 469 g/mol. The summed E-state index contributed by atoms with van der Waals surface area (Å²) in [6, 6.07) is 7.67. The minimum Gasteiger partial charge on any atom is -0.494 e. The van der Waals surface area contributed by atoms with Crippen LogP contribution in [0.2, 0.25) is 5.02 Å². The molecule has 0 radical (unpaired) electrons. The van der Waals surface area contributed by atoms with E-state index in [1.165, 1.54) is 0 Å². The summed E-state index contributed by atoms with van der Waals surface area (Å²) in [5.41, 5.74) is 1.71. The van der Waals surface area contributed by atoms with Crippen molar-refractivity contribution in [1.82, 2.24) is 9.88 Å². The van der Waals surface area contributed by atoms with Gasteiger partial charge in [0.2, 0.25) is 0 Å². The Morgan fingerprint density at radius 3 is 1.84 bits per heavy atom. The zero-order valence-electron chi connectivity index (χ0n) is 18.7. The topological polar surface area (TPSA) is 71.5 Å². The second-order valence-electron chi connectivity index (χ2n) is 7.29. The van der Waals surface area contributed by atoms with Gasteiger partial charge in [0.25, 0.3) is 0 Å². The Hall–Kier alpha value is -1.52. The van der Waals surface area contributed by atoms with Gasteiger partial charge in [0.1, 0.15) is 11.3 Å². The highest BCUT2D eigenvalue weighted by Crippen LogP contribution is 2.30. The van der Waals surface area contributed by atoms with E-state index in [9.17, 15) is 0 Å². The lowest BCUT2D eigenvalue weighted by Gasteiger charge is -2.22. The quantitative estimate of drug-likeness (QED) is 0.681. The molecule has 3 rings (SSSR count). The maximum atomic E-state index is 6.33. The third-order valence-electron chi connectivity index (χ3n) is 5.02. The van der Waals surface area contributed by atoms with Gasteiger partial charge in [-0.1, -0.05) is 11.6 Å². The van der Waals surface area contributed by atoms with E-state index >= 15 is 0 Å². The van der Waals surface area contributed by atoms with Gasteiger partial charge >= 0.3 is 0 Å². The van der Waals surface area contributed by atoms with Gasteiger partial charge in [-0.2, -0.15) is 0 Å². The van der Waals surface area contributed by atoms with Gasteiger partial charge in [0.15, 0.2) is 0 Å². The molecule has 0 unspecified atom stereocenters. The van der Waals surface area contributed by atoms with Crippen molar-refractivity contribution in [2.75, 3.05) is 86.3 Å². The summed E-state index contributed by atoms with van der Waals surface area (Å²) in [6.07, 6.45) is 0. The van der Waals surface area contributed by atoms with Gasteiger partial charge in [-0.25, -0.2) is 4.98 Å². The second-order valence-corrected chi connectivity index (χ2v) is 7.69. The SMILES string of the molecule is COc1ccc(Cl)c2ccc(CN3CCOCCOCCOCCOCCOCC3)nc12. The Kier molecular flexibility index (Phi) is 11.5. The molecule has 0 saturated carbocycles. The molecule has 2 heterocycles. The summed E-state index contributed by atoms with van der Waals surface area (Å²) in [5, 5.41) is 1.54. The lowest BCUT2D eigenvalue weighted by molar-refractivity contribution is -0.0190. The van der Waals surface area contributed by atoms with Crippen molar-refractivity contribution in [2.45, 2.75) is 6.54 Å². The van der Waals surface area contributed by atoms with Gasteiger partial charge in [0.05, 0.1) is 83.9 Å². The maximum Gasteiger partial charge on any atom is 0.145 e. The van der Waals surface area contributed by atoms with Crippen molar-refractivity contribution in [1.29, 1.82) is 0 Å². The summed E-state index contributed by atoms with van der Waals surface area (Å²) < 4.78 is 33.4. The minimum atomic E-state index is 0.551. The fourth-order valence-corrected chi connectivity index (χ4v) is 3.53. The number of pyridine rings is 1. The van der Waals surface area contributed by atoms with Crippen LogP contribution in [0.4, 0.5) is 0 Å². The summed E-state index contributed by atoms with van der Waals surface area (Å²) in [6.45, 7) is 7.83. The molecule has 32 heavy (non-hydrogen) atoms. The van der Waals surface area contributed by atoms with E-state index in [0.717, 1.165) is 29.7 Å². The number of ether oxygens (including phenoxy) is 6. The molecule has 0 atom stereocenters. The summed E-state index contributed by atoms with van der Waals surface area (Å²) in [5.74, 6) is 0.711. The molecule has 0 spiro atoms. The highest BCUT2D eigenvalue weighted by Gasteiger charge is 2.12. The van der Waals surface area contributed by atoms with Crippen LogP contribution in [0.3, 0.4) is 0 Å². The molecule has 0 amide bonds. The highest BCUT2D eigenvalue weighted by molar-refractivity contribution is 6.35. The first kappa shape index (κ1) is 25.1. The van der Waals surface area contributed by atoms with Crippen LogP contribution in [0.15, 0.2) is 24.3 Å². The van der Waals surface area contributed by atoms with Crippen molar-refractivity contribution in [2.24, 2.45) is 0 Å². The molecule has 9 heteroatoms. The van der Waals surface area contributed by atoms with Crippen LogP contribution in [0.25, 0.3) is 10.9 Å². The van der Waals surface area contributed by atoms with Crippen LogP contribution in [-0.4, -0.2) is 96.2 Å². The third-order valence-corrected chi connectivity index (χ3v) is 5.35. The minimum absolute atomic E-state index is 0.551. The zero-order chi connectivity index (χ0) is 22.4. The number of halogens is 1. The lowest BCUT2D eigenvalue weighted by atomic mass is 10.2. The van der Waals surface area contributed by atoms with Crippen molar-refractivity contribution in [3.63, 3.8) is 0 Å². The lowest BCUT2D eigenvalue weighted by Crippen LogP contribution is -2.31. The van der Waals surface area contributed by atoms with Gasteiger partial charge < -0.3 is 28.4 Å². The Balaban J connectivity index is 1.59. The molecule has 1 saturated heterocycles. The van der Waals surface area contributed by atoms with E-state index in [-0.39, 0.29) is 0 Å². The Bertz CT molecular complexity index is 791. The van der Waals surface area contributed by atoms with Gasteiger partial charge in [-0.05, 0) is 24.3 Å². The van der Waals surface area contributed by atoms with Crippen LogP contribution >= 0.6 is 11.6 Å². The predicted octanol–water partition coefficient (Wildman–Crippen LogP) is 2.80. The third kappa shape index (κ3) is 8.44.